The molecule has 0 aliphatic carbocycles. The van der Waals surface area contributed by atoms with Gasteiger partial charge in [-0.3, -0.25) is 4.79 Å². The van der Waals surface area contributed by atoms with Crippen LogP contribution in [0.4, 0.5) is 4.39 Å². The number of thiophene rings is 1. The molecule has 0 atom stereocenters. The number of halogens is 1. The summed E-state index contributed by atoms with van der Waals surface area (Å²) < 4.78 is 41.6. The number of rotatable bonds is 4. The molecule has 3 aromatic rings. The SMILES string of the molecule is O=C(c1sccc1-n1cnnn1)N1CCCN(S(=O)(=O)c2ccc(F)cc2)CC1. The van der Waals surface area contributed by atoms with E-state index in [9.17, 15) is 17.6 Å². The number of hydrogen-bond acceptors (Lipinski definition) is 7. The molecule has 12 heteroatoms. The average Bonchev–Trinajstić information content (AvgIpc) is 3.34. The molecule has 3 heterocycles. The fraction of sp³-hybridized carbons (Fsp3) is 0.294. The van der Waals surface area contributed by atoms with Crippen molar-refractivity contribution < 1.29 is 17.6 Å². The van der Waals surface area contributed by atoms with Gasteiger partial charge in [0, 0.05) is 26.2 Å². The zero-order valence-corrected chi connectivity index (χ0v) is 16.8. The topological polar surface area (TPSA) is 101 Å². The number of amides is 1. The Morgan fingerprint density at radius 2 is 1.86 bits per heavy atom. The third-order valence-electron chi connectivity index (χ3n) is 4.63. The van der Waals surface area contributed by atoms with Crippen LogP contribution in [0.2, 0.25) is 0 Å². The number of hydrogen-bond donors (Lipinski definition) is 0. The summed E-state index contributed by atoms with van der Waals surface area (Å²) in [6.07, 6.45) is 1.91. The number of nitrogens with zero attached hydrogens (tertiary/aromatic N) is 6. The molecule has 0 radical (unpaired) electrons. The molecule has 0 unspecified atom stereocenters. The summed E-state index contributed by atoms with van der Waals surface area (Å²) in [6.45, 7) is 1.14. The molecule has 1 aliphatic rings. The van der Waals surface area contributed by atoms with E-state index in [1.807, 2.05) is 0 Å². The van der Waals surface area contributed by atoms with Gasteiger partial charge in [-0.15, -0.1) is 16.4 Å². The van der Waals surface area contributed by atoms with Crippen molar-refractivity contribution in [3.63, 3.8) is 0 Å². The Labute approximate surface area is 170 Å². The fourth-order valence-electron chi connectivity index (χ4n) is 3.15. The van der Waals surface area contributed by atoms with Crippen LogP contribution < -0.4 is 0 Å². The summed E-state index contributed by atoms with van der Waals surface area (Å²) in [5.41, 5.74) is 0.588. The minimum atomic E-state index is -3.75. The number of tetrazole rings is 1. The van der Waals surface area contributed by atoms with E-state index >= 15 is 0 Å². The standard InChI is InChI=1S/C17H17FN6O3S2/c18-13-2-4-14(5-3-13)29(26,27)23-8-1-7-22(9-10-23)17(25)16-15(6-11-28-16)24-12-19-20-21-24/h2-6,11-12H,1,7-10H2. The van der Waals surface area contributed by atoms with Gasteiger partial charge >= 0.3 is 0 Å². The van der Waals surface area contributed by atoms with Crippen molar-refractivity contribution in [2.45, 2.75) is 11.3 Å². The quantitative estimate of drug-likeness (QED) is 0.613. The third-order valence-corrected chi connectivity index (χ3v) is 7.43. The summed E-state index contributed by atoms with van der Waals surface area (Å²) in [7, 11) is -3.75. The van der Waals surface area contributed by atoms with E-state index in [-0.39, 0.29) is 30.4 Å². The largest absolute Gasteiger partial charge is 0.337 e. The van der Waals surface area contributed by atoms with Crippen molar-refractivity contribution >= 4 is 27.3 Å². The predicted octanol–water partition coefficient (Wildman–Crippen LogP) is 1.40. The van der Waals surface area contributed by atoms with Crippen molar-refractivity contribution in [2.75, 3.05) is 26.2 Å². The van der Waals surface area contributed by atoms with Gasteiger partial charge in [-0.25, -0.2) is 12.8 Å². The van der Waals surface area contributed by atoms with Crippen LogP contribution in [0.5, 0.6) is 0 Å². The van der Waals surface area contributed by atoms with Gasteiger partial charge < -0.3 is 4.90 Å². The molecule has 152 valence electrons. The van der Waals surface area contributed by atoms with Crippen LogP contribution in [-0.2, 0) is 10.0 Å². The highest BCUT2D eigenvalue weighted by Crippen LogP contribution is 2.24. The van der Waals surface area contributed by atoms with E-state index in [1.54, 1.807) is 16.3 Å². The minimum Gasteiger partial charge on any atom is -0.337 e. The van der Waals surface area contributed by atoms with E-state index in [0.29, 0.717) is 23.5 Å². The summed E-state index contributed by atoms with van der Waals surface area (Å²) in [6, 6.07) is 6.51. The van der Waals surface area contributed by atoms with Crippen molar-refractivity contribution in [3.05, 3.63) is 52.7 Å². The van der Waals surface area contributed by atoms with Gasteiger partial charge in [0.1, 0.15) is 17.0 Å². The molecule has 0 N–H and O–H groups in total. The van der Waals surface area contributed by atoms with Gasteiger partial charge in [-0.1, -0.05) is 0 Å². The van der Waals surface area contributed by atoms with Crippen LogP contribution in [-0.4, -0.2) is 69.9 Å². The number of sulfonamides is 1. The van der Waals surface area contributed by atoms with E-state index in [1.165, 1.54) is 38.8 Å². The second-order valence-corrected chi connectivity index (χ2v) is 9.25. The molecular formula is C17H17FN6O3S2. The van der Waals surface area contributed by atoms with E-state index < -0.39 is 15.8 Å². The second-order valence-electron chi connectivity index (χ2n) is 6.39. The summed E-state index contributed by atoms with van der Waals surface area (Å²) in [4.78, 5) is 15.2. The molecule has 9 nitrogen and oxygen atoms in total. The highest BCUT2D eigenvalue weighted by molar-refractivity contribution is 7.89. The molecule has 0 spiro atoms. The van der Waals surface area contributed by atoms with Crippen molar-refractivity contribution in [3.8, 4) is 5.69 Å². The molecule has 2 aromatic heterocycles. The van der Waals surface area contributed by atoms with Crippen molar-refractivity contribution in [1.29, 1.82) is 0 Å². The van der Waals surface area contributed by atoms with E-state index in [0.717, 1.165) is 12.1 Å². The molecule has 4 rings (SSSR count). The van der Waals surface area contributed by atoms with Gasteiger partial charge in [-0.2, -0.15) is 8.99 Å². The lowest BCUT2D eigenvalue weighted by Crippen LogP contribution is -2.37. The lowest BCUT2D eigenvalue weighted by atomic mass is 10.3. The van der Waals surface area contributed by atoms with Crippen LogP contribution in [0.25, 0.3) is 5.69 Å². The molecule has 29 heavy (non-hydrogen) atoms. The van der Waals surface area contributed by atoms with Crippen LogP contribution in [0, 0.1) is 5.82 Å². The Morgan fingerprint density at radius 1 is 1.07 bits per heavy atom. The van der Waals surface area contributed by atoms with Gasteiger partial charge in [-0.05, 0) is 52.6 Å². The smallest absolute Gasteiger partial charge is 0.266 e. The molecule has 1 aromatic carbocycles. The second kappa shape index (κ2) is 7.97. The van der Waals surface area contributed by atoms with Gasteiger partial charge in [0.25, 0.3) is 5.91 Å². The number of benzene rings is 1. The lowest BCUT2D eigenvalue weighted by molar-refractivity contribution is 0.0769. The Bertz CT molecular complexity index is 1100. The molecule has 0 saturated carbocycles. The van der Waals surface area contributed by atoms with Gasteiger partial charge in [0.05, 0.1) is 10.6 Å². The molecule has 1 amide bonds. The zero-order chi connectivity index (χ0) is 20.4. The third kappa shape index (κ3) is 3.91. The monoisotopic (exact) mass is 436 g/mol. The Kier molecular flexibility index (Phi) is 5.39. The normalized spacial score (nSPS) is 16.0. The molecule has 1 fully saturated rings. The Morgan fingerprint density at radius 3 is 2.59 bits per heavy atom. The summed E-state index contributed by atoms with van der Waals surface area (Å²) >= 11 is 1.29. The van der Waals surface area contributed by atoms with Crippen LogP contribution in [0.3, 0.4) is 0 Å². The van der Waals surface area contributed by atoms with Gasteiger partial charge in [0.2, 0.25) is 10.0 Å². The first-order valence-corrected chi connectivity index (χ1v) is 11.1. The zero-order valence-electron chi connectivity index (χ0n) is 15.2. The lowest BCUT2D eigenvalue weighted by Gasteiger charge is -2.22. The first-order chi connectivity index (χ1) is 14.0. The first kappa shape index (κ1) is 19.6. The highest BCUT2D eigenvalue weighted by Gasteiger charge is 2.29. The maximum Gasteiger partial charge on any atom is 0.266 e. The Balaban J connectivity index is 1.50. The van der Waals surface area contributed by atoms with Crippen LogP contribution in [0.15, 0.2) is 46.9 Å². The number of carbonyl (C=O) groups excluding carboxylic acids is 1. The Hall–Kier alpha value is -2.70. The average molecular weight is 436 g/mol. The molecule has 0 bridgehead atoms. The first-order valence-electron chi connectivity index (χ1n) is 8.82. The van der Waals surface area contributed by atoms with E-state index in [2.05, 4.69) is 15.5 Å². The van der Waals surface area contributed by atoms with Crippen LogP contribution in [0.1, 0.15) is 16.1 Å². The molecule has 1 aliphatic heterocycles. The van der Waals surface area contributed by atoms with Crippen molar-refractivity contribution in [2.24, 2.45) is 0 Å². The van der Waals surface area contributed by atoms with Crippen molar-refractivity contribution in [1.82, 2.24) is 29.4 Å². The van der Waals surface area contributed by atoms with Gasteiger partial charge in [0.15, 0.2) is 0 Å². The minimum absolute atomic E-state index is 0.0397. The highest BCUT2D eigenvalue weighted by atomic mass is 32.2. The predicted molar refractivity (Wildman–Crippen MR) is 103 cm³/mol. The fourth-order valence-corrected chi connectivity index (χ4v) is 5.47. The number of aromatic nitrogens is 4. The maximum absolute atomic E-state index is 13.1. The maximum atomic E-state index is 13.1. The molecule has 1 saturated heterocycles. The number of carbonyl (C=O) groups is 1. The summed E-state index contributed by atoms with van der Waals surface area (Å²) in [5, 5.41) is 12.8. The summed E-state index contributed by atoms with van der Waals surface area (Å²) in [5.74, 6) is -0.683. The van der Waals surface area contributed by atoms with Crippen LogP contribution >= 0.6 is 11.3 Å². The molecular weight excluding hydrogens is 419 g/mol. The van der Waals surface area contributed by atoms with E-state index in [4.69, 9.17) is 0 Å².